The maximum Gasteiger partial charge on any atom is 0.130 e. The number of nitrogens with zero attached hydrogens (tertiary/aromatic N) is 2. The second-order valence-corrected chi connectivity index (χ2v) is 8.95. The molecule has 5 heteroatoms. The van der Waals surface area contributed by atoms with Crippen LogP contribution in [0.25, 0.3) is 0 Å². The van der Waals surface area contributed by atoms with Gasteiger partial charge in [-0.3, -0.25) is 4.90 Å². The first-order valence-corrected chi connectivity index (χ1v) is 11.7. The molecule has 0 N–H and O–H groups in total. The minimum Gasteiger partial charge on any atom is -0.486 e. The van der Waals surface area contributed by atoms with Crippen LogP contribution in [0.5, 0.6) is 5.75 Å². The van der Waals surface area contributed by atoms with Gasteiger partial charge in [-0.25, -0.2) is 8.78 Å². The van der Waals surface area contributed by atoms with Gasteiger partial charge < -0.3 is 9.64 Å². The molecule has 1 saturated heterocycles. The fraction of sp³-hybridized carbons (Fsp3) is 0.357. The van der Waals surface area contributed by atoms with E-state index in [9.17, 15) is 8.78 Å². The fourth-order valence-electron chi connectivity index (χ4n) is 4.31. The monoisotopic (exact) mass is 450 g/mol. The number of rotatable bonds is 8. The first-order valence-electron chi connectivity index (χ1n) is 11.7. The SMILES string of the molecule is CC(C)c1cccc(OC(CCN2CCN(c3ccc(F)cc3)CC2)c2ccccc2F)c1. The summed E-state index contributed by atoms with van der Waals surface area (Å²) >= 11 is 0. The van der Waals surface area contributed by atoms with E-state index in [2.05, 4.69) is 35.8 Å². The van der Waals surface area contributed by atoms with Crippen molar-refractivity contribution in [2.24, 2.45) is 0 Å². The van der Waals surface area contributed by atoms with Crippen molar-refractivity contribution in [1.29, 1.82) is 0 Å². The molecule has 1 fully saturated rings. The molecular weight excluding hydrogens is 418 g/mol. The van der Waals surface area contributed by atoms with Gasteiger partial charge in [0.1, 0.15) is 23.5 Å². The Hall–Kier alpha value is -2.92. The zero-order valence-electron chi connectivity index (χ0n) is 19.4. The molecule has 0 amide bonds. The van der Waals surface area contributed by atoms with Crippen molar-refractivity contribution in [2.45, 2.75) is 32.3 Å². The third-order valence-electron chi connectivity index (χ3n) is 6.33. The maximum atomic E-state index is 14.7. The number of hydrogen-bond donors (Lipinski definition) is 0. The van der Waals surface area contributed by atoms with E-state index in [4.69, 9.17) is 4.74 Å². The van der Waals surface area contributed by atoms with Gasteiger partial charge in [-0.05, 0) is 53.9 Å². The van der Waals surface area contributed by atoms with Gasteiger partial charge in [0.05, 0.1) is 0 Å². The predicted octanol–water partition coefficient (Wildman–Crippen LogP) is 6.42. The second kappa shape index (κ2) is 10.8. The molecule has 3 aromatic rings. The summed E-state index contributed by atoms with van der Waals surface area (Å²) in [7, 11) is 0. The van der Waals surface area contributed by atoms with Gasteiger partial charge in [-0.15, -0.1) is 0 Å². The Labute approximate surface area is 195 Å². The van der Waals surface area contributed by atoms with Gasteiger partial charge in [0.2, 0.25) is 0 Å². The summed E-state index contributed by atoms with van der Waals surface area (Å²) in [6, 6.07) is 21.7. The van der Waals surface area contributed by atoms with Crippen LogP contribution in [0.1, 0.15) is 43.4 Å². The van der Waals surface area contributed by atoms with Crippen LogP contribution >= 0.6 is 0 Å². The van der Waals surface area contributed by atoms with Crippen LogP contribution in [0.15, 0.2) is 72.8 Å². The Morgan fingerprint density at radius 3 is 2.27 bits per heavy atom. The van der Waals surface area contributed by atoms with Crippen molar-refractivity contribution in [2.75, 3.05) is 37.6 Å². The minimum atomic E-state index is -0.358. The quantitative estimate of drug-likeness (QED) is 0.394. The Bertz CT molecular complexity index is 1030. The molecule has 0 radical (unpaired) electrons. The van der Waals surface area contributed by atoms with E-state index in [1.807, 2.05) is 36.4 Å². The lowest BCUT2D eigenvalue weighted by atomic mass is 10.0. The molecule has 0 aromatic heterocycles. The van der Waals surface area contributed by atoms with E-state index >= 15 is 0 Å². The highest BCUT2D eigenvalue weighted by molar-refractivity contribution is 5.46. The van der Waals surface area contributed by atoms with Gasteiger partial charge >= 0.3 is 0 Å². The number of halogens is 2. The molecular formula is C28H32F2N2O. The van der Waals surface area contributed by atoms with Crippen LogP contribution in [0.3, 0.4) is 0 Å². The molecule has 4 rings (SSSR count). The highest BCUT2D eigenvalue weighted by atomic mass is 19.1. The van der Waals surface area contributed by atoms with E-state index in [0.29, 0.717) is 17.9 Å². The lowest BCUT2D eigenvalue weighted by Crippen LogP contribution is -2.46. The van der Waals surface area contributed by atoms with Crippen LogP contribution in [-0.2, 0) is 0 Å². The lowest BCUT2D eigenvalue weighted by Gasteiger charge is -2.36. The number of hydrogen-bond acceptors (Lipinski definition) is 3. The zero-order chi connectivity index (χ0) is 23.2. The number of anilines is 1. The van der Waals surface area contributed by atoms with E-state index in [0.717, 1.165) is 44.2 Å². The first kappa shape index (κ1) is 23.2. The zero-order valence-corrected chi connectivity index (χ0v) is 19.4. The third kappa shape index (κ3) is 6.11. The van der Waals surface area contributed by atoms with Crippen molar-refractivity contribution in [3.8, 4) is 5.75 Å². The van der Waals surface area contributed by atoms with Crippen LogP contribution in [0, 0.1) is 11.6 Å². The smallest absolute Gasteiger partial charge is 0.130 e. The summed E-state index contributed by atoms with van der Waals surface area (Å²) in [5, 5.41) is 0. The molecule has 0 saturated carbocycles. The van der Waals surface area contributed by atoms with E-state index in [-0.39, 0.29) is 17.7 Å². The maximum absolute atomic E-state index is 14.7. The van der Waals surface area contributed by atoms with Crippen molar-refractivity contribution in [3.05, 3.63) is 95.6 Å². The molecule has 1 aliphatic heterocycles. The average molecular weight is 451 g/mol. The summed E-state index contributed by atoms with van der Waals surface area (Å²) in [6.07, 6.45) is 0.340. The Kier molecular flexibility index (Phi) is 7.61. The summed E-state index contributed by atoms with van der Waals surface area (Å²) in [5.41, 5.74) is 2.85. The van der Waals surface area contributed by atoms with Crippen molar-refractivity contribution >= 4 is 5.69 Å². The van der Waals surface area contributed by atoms with Gasteiger partial charge in [0, 0.05) is 50.4 Å². The van der Waals surface area contributed by atoms with Crippen molar-refractivity contribution in [3.63, 3.8) is 0 Å². The largest absolute Gasteiger partial charge is 0.486 e. The number of piperazine rings is 1. The highest BCUT2D eigenvalue weighted by Gasteiger charge is 2.22. The molecule has 0 bridgehead atoms. The summed E-state index contributed by atoms with van der Waals surface area (Å²) in [6.45, 7) is 8.70. The number of benzene rings is 3. The molecule has 1 heterocycles. The van der Waals surface area contributed by atoms with Gasteiger partial charge in [0.25, 0.3) is 0 Å². The predicted molar refractivity (Wildman–Crippen MR) is 130 cm³/mol. The fourth-order valence-corrected chi connectivity index (χ4v) is 4.31. The topological polar surface area (TPSA) is 15.7 Å². The normalized spacial score (nSPS) is 15.6. The van der Waals surface area contributed by atoms with Gasteiger partial charge in [0.15, 0.2) is 0 Å². The molecule has 0 spiro atoms. The summed E-state index contributed by atoms with van der Waals surface area (Å²) < 4.78 is 34.2. The molecule has 1 atom stereocenters. The van der Waals surface area contributed by atoms with E-state index < -0.39 is 0 Å². The third-order valence-corrected chi connectivity index (χ3v) is 6.33. The van der Waals surface area contributed by atoms with Crippen molar-refractivity contribution < 1.29 is 13.5 Å². The molecule has 3 nitrogen and oxygen atoms in total. The summed E-state index contributed by atoms with van der Waals surface area (Å²) in [5.74, 6) is 0.729. The van der Waals surface area contributed by atoms with Crippen molar-refractivity contribution in [1.82, 2.24) is 4.90 Å². The molecule has 1 aliphatic rings. The molecule has 0 aliphatic carbocycles. The van der Waals surface area contributed by atoms with E-state index in [1.165, 1.54) is 23.8 Å². The highest BCUT2D eigenvalue weighted by Crippen LogP contribution is 2.29. The molecule has 3 aromatic carbocycles. The first-order chi connectivity index (χ1) is 16.0. The van der Waals surface area contributed by atoms with Gasteiger partial charge in [-0.1, -0.05) is 44.2 Å². The van der Waals surface area contributed by atoms with Crippen LogP contribution in [-0.4, -0.2) is 37.6 Å². The number of ether oxygens (including phenoxy) is 1. The Balaban J connectivity index is 1.40. The average Bonchev–Trinajstić information content (AvgIpc) is 2.83. The molecule has 1 unspecified atom stereocenters. The minimum absolute atomic E-state index is 0.212. The Morgan fingerprint density at radius 2 is 1.58 bits per heavy atom. The molecule has 33 heavy (non-hydrogen) atoms. The van der Waals surface area contributed by atoms with E-state index in [1.54, 1.807) is 6.07 Å². The Morgan fingerprint density at radius 1 is 0.848 bits per heavy atom. The standard InChI is InChI=1S/C28H32F2N2O/c1-21(2)22-6-5-7-25(20-22)33-28(26-8-3-4-9-27(26)30)14-15-31-16-18-32(19-17-31)24-12-10-23(29)11-13-24/h3-13,20-21,28H,14-19H2,1-2H3. The van der Waals surface area contributed by atoms with Crippen LogP contribution in [0.2, 0.25) is 0 Å². The molecule has 174 valence electrons. The lowest BCUT2D eigenvalue weighted by molar-refractivity contribution is 0.156. The second-order valence-electron chi connectivity index (χ2n) is 8.95. The summed E-state index contributed by atoms with van der Waals surface area (Å²) in [4.78, 5) is 4.67. The van der Waals surface area contributed by atoms with Crippen LogP contribution in [0.4, 0.5) is 14.5 Å². The van der Waals surface area contributed by atoms with Crippen LogP contribution < -0.4 is 9.64 Å². The van der Waals surface area contributed by atoms with Gasteiger partial charge in [-0.2, -0.15) is 0 Å².